The van der Waals surface area contributed by atoms with Crippen molar-refractivity contribution in [3.63, 3.8) is 0 Å². The zero-order chi connectivity index (χ0) is 10.7. The van der Waals surface area contributed by atoms with Crippen molar-refractivity contribution in [1.29, 1.82) is 0 Å². The van der Waals surface area contributed by atoms with Gasteiger partial charge in [-0.25, -0.2) is 0 Å². The topological polar surface area (TPSA) is 39.4 Å². The zero-order valence-electron chi connectivity index (χ0n) is 8.53. The minimum absolute atomic E-state index is 0.253. The fraction of sp³-hybridized carbons (Fsp3) is 0.250. The van der Waals surface area contributed by atoms with E-state index in [1.807, 2.05) is 31.2 Å². The molecule has 1 aromatic carbocycles. The number of hydrogen-bond acceptors (Lipinski definition) is 3. The molecule has 0 amide bonds. The predicted molar refractivity (Wildman–Crippen MR) is 56.8 cm³/mol. The Balaban J connectivity index is 2.18. The fourth-order valence-electron chi connectivity index (χ4n) is 1.38. The van der Waals surface area contributed by atoms with Crippen molar-refractivity contribution in [2.75, 3.05) is 0 Å². The van der Waals surface area contributed by atoms with Crippen LogP contribution >= 0.6 is 0 Å². The largest absolute Gasteiger partial charge is 0.425 e. The Kier molecular flexibility index (Phi) is 2.72. The first-order valence-electron chi connectivity index (χ1n) is 4.99. The summed E-state index contributed by atoms with van der Waals surface area (Å²) in [6.45, 7) is 1.93. The van der Waals surface area contributed by atoms with E-state index in [1.165, 1.54) is 0 Å². The van der Waals surface area contributed by atoms with Gasteiger partial charge in [0.2, 0.25) is 0 Å². The van der Waals surface area contributed by atoms with Gasteiger partial charge in [0.25, 0.3) is 5.95 Å². The average molecular weight is 204 g/mol. The number of carbonyl (C=O) groups excluding carboxylic acids is 1. The van der Waals surface area contributed by atoms with Gasteiger partial charge in [0.15, 0.2) is 0 Å². The van der Waals surface area contributed by atoms with Crippen molar-refractivity contribution in [3.8, 4) is 5.95 Å². The van der Waals surface area contributed by atoms with E-state index in [1.54, 1.807) is 6.07 Å². The summed E-state index contributed by atoms with van der Waals surface area (Å²) in [5, 5.41) is 0.941. The van der Waals surface area contributed by atoms with Gasteiger partial charge in [-0.3, -0.25) is 4.79 Å². The van der Waals surface area contributed by atoms with Crippen LogP contribution < -0.4 is 4.74 Å². The number of furan rings is 1. The molecule has 3 nitrogen and oxygen atoms in total. The second kappa shape index (κ2) is 4.17. The van der Waals surface area contributed by atoms with Gasteiger partial charge in [0.05, 0.1) is 0 Å². The summed E-state index contributed by atoms with van der Waals surface area (Å²) in [5.74, 6) is 0.0196. The number of benzene rings is 1. The Morgan fingerprint density at radius 2 is 2.20 bits per heavy atom. The smallest absolute Gasteiger partial charge is 0.313 e. The number of hydrogen-bond donors (Lipinski definition) is 0. The van der Waals surface area contributed by atoms with Crippen LogP contribution in [-0.2, 0) is 4.79 Å². The normalized spacial score (nSPS) is 10.5. The van der Waals surface area contributed by atoms with E-state index in [0.29, 0.717) is 6.42 Å². The number of carbonyl (C=O) groups is 1. The lowest BCUT2D eigenvalue weighted by molar-refractivity contribution is -0.135. The van der Waals surface area contributed by atoms with Crippen LogP contribution in [0.2, 0.25) is 0 Å². The zero-order valence-corrected chi connectivity index (χ0v) is 8.53. The molecule has 0 aliphatic carbocycles. The highest BCUT2D eigenvalue weighted by Gasteiger charge is 2.08. The van der Waals surface area contributed by atoms with Gasteiger partial charge < -0.3 is 9.15 Å². The van der Waals surface area contributed by atoms with E-state index >= 15 is 0 Å². The first-order chi connectivity index (χ1) is 7.29. The highest BCUT2D eigenvalue weighted by Crippen LogP contribution is 2.24. The molecule has 0 saturated heterocycles. The maximum atomic E-state index is 11.2. The van der Waals surface area contributed by atoms with Crippen LogP contribution in [0.3, 0.4) is 0 Å². The molecule has 0 spiro atoms. The molecule has 1 aromatic heterocycles. The molecule has 0 aliphatic rings. The van der Waals surface area contributed by atoms with E-state index in [9.17, 15) is 4.79 Å². The highest BCUT2D eigenvalue weighted by atomic mass is 16.6. The van der Waals surface area contributed by atoms with Crippen molar-refractivity contribution >= 4 is 16.9 Å². The van der Waals surface area contributed by atoms with E-state index in [4.69, 9.17) is 9.15 Å². The molecule has 3 heteroatoms. The predicted octanol–water partition coefficient (Wildman–Crippen LogP) is 3.14. The lowest BCUT2D eigenvalue weighted by Gasteiger charge is -1.96. The van der Waals surface area contributed by atoms with Crippen molar-refractivity contribution in [3.05, 3.63) is 30.3 Å². The molecule has 0 unspecified atom stereocenters. The second-order valence-electron chi connectivity index (χ2n) is 3.33. The molecule has 0 fully saturated rings. The molecule has 0 aliphatic heterocycles. The summed E-state index contributed by atoms with van der Waals surface area (Å²) in [7, 11) is 0. The number of rotatable bonds is 3. The van der Waals surface area contributed by atoms with Crippen molar-refractivity contribution in [2.24, 2.45) is 0 Å². The van der Waals surface area contributed by atoms with E-state index in [-0.39, 0.29) is 11.9 Å². The van der Waals surface area contributed by atoms with Crippen LogP contribution in [-0.4, -0.2) is 5.97 Å². The third kappa shape index (κ3) is 2.18. The average Bonchev–Trinajstić information content (AvgIpc) is 2.59. The van der Waals surface area contributed by atoms with Crippen LogP contribution in [0.25, 0.3) is 11.0 Å². The van der Waals surface area contributed by atoms with Gasteiger partial charge in [0.1, 0.15) is 5.58 Å². The van der Waals surface area contributed by atoms with Crippen LogP contribution in [0.5, 0.6) is 5.95 Å². The quantitative estimate of drug-likeness (QED) is 0.721. The summed E-state index contributed by atoms with van der Waals surface area (Å²) in [6, 6.07) is 9.27. The van der Waals surface area contributed by atoms with Crippen molar-refractivity contribution < 1.29 is 13.9 Å². The van der Waals surface area contributed by atoms with Crippen LogP contribution in [0, 0.1) is 0 Å². The SMILES string of the molecule is CCCC(=O)Oc1cc2ccccc2o1. The van der Waals surface area contributed by atoms with Gasteiger partial charge in [-0.2, -0.15) is 0 Å². The highest BCUT2D eigenvalue weighted by molar-refractivity contribution is 5.80. The molecule has 78 valence electrons. The number of fused-ring (bicyclic) bond motifs is 1. The Morgan fingerprint density at radius 1 is 1.40 bits per heavy atom. The first kappa shape index (κ1) is 9.77. The molecule has 1 heterocycles. The number of esters is 1. The molecule has 2 aromatic rings. The standard InChI is InChI=1S/C12H12O3/c1-2-5-11(13)15-12-8-9-6-3-4-7-10(9)14-12/h3-4,6-8H,2,5H2,1H3. The Labute approximate surface area is 87.6 Å². The summed E-state index contributed by atoms with van der Waals surface area (Å²) in [5.41, 5.74) is 0.733. The Hall–Kier alpha value is -1.77. The third-order valence-corrected chi connectivity index (χ3v) is 2.07. The van der Waals surface area contributed by atoms with Crippen LogP contribution in [0.1, 0.15) is 19.8 Å². The van der Waals surface area contributed by atoms with Crippen molar-refractivity contribution in [1.82, 2.24) is 0 Å². The molecule has 0 saturated carbocycles. The molecular weight excluding hydrogens is 192 g/mol. The summed E-state index contributed by atoms with van der Waals surface area (Å²) in [6.07, 6.45) is 1.19. The molecule has 0 bridgehead atoms. The number of para-hydroxylation sites is 1. The fourth-order valence-corrected chi connectivity index (χ4v) is 1.38. The Morgan fingerprint density at radius 3 is 2.93 bits per heavy atom. The summed E-state index contributed by atoms with van der Waals surface area (Å²) < 4.78 is 10.4. The Bertz CT molecular complexity index is 437. The van der Waals surface area contributed by atoms with Gasteiger partial charge in [-0.1, -0.05) is 25.1 Å². The van der Waals surface area contributed by atoms with Gasteiger partial charge in [0, 0.05) is 17.9 Å². The molecule has 15 heavy (non-hydrogen) atoms. The lowest BCUT2D eigenvalue weighted by Crippen LogP contribution is -2.05. The minimum Gasteiger partial charge on any atom is -0.425 e. The second-order valence-corrected chi connectivity index (χ2v) is 3.33. The monoisotopic (exact) mass is 204 g/mol. The third-order valence-electron chi connectivity index (χ3n) is 2.07. The van der Waals surface area contributed by atoms with Gasteiger partial charge >= 0.3 is 5.97 Å². The minimum atomic E-state index is -0.253. The molecule has 2 rings (SSSR count). The maximum absolute atomic E-state index is 11.2. The van der Waals surface area contributed by atoms with E-state index < -0.39 is 0 Å². The van der Waals surface area contributed by atoms with Gasteiger partial charge in [-0.05, 0) is 12.5 Å². The molecule has 0 N–H and O–H groups in total. The molecule has 0 atom stereocenters. The number of ether oxygens (including phenoxy) is 1. The maximum Gasteiger partial charge on any atom is 0.313 e. The van der Waals surface area contributed by atoms with Crippen LogP contribution in [0.4, 0.5) is 0 Å². The van der Waals surface area contributed by atoms with E-state index in [0.717, 1.165) is 17.4 Å². The van der Waals surface area contributed by atoms with E-state index in [2.05, 4.69) is 0 Å². The molecular formula is C12H12O3. The first-order valence-corrected chi connectivity index (χ1v) is 4.99. The van der Waals surface area contributed by atoms with Crippen LogP contribution in [0.15, 0.2) is 34.7 Å². The van der Waals surface area contributed by atoms with Gasteiger partial charge in [-0.15, -0.1) is 0 Å². The summed E-state index contributed by atoms with van der Waals surface area (Å²) in [4.78, 5) is 11.2. The lowest BCUT2D eigenvalue weighted by atomic mass is 10.3. The molecule has 0 radical (unpaired) electrons. The van der Waals surface area contributed by atoms with Crippen molar-refractivity contribution in [2.45, 2.75) is 19.8 Å². The summed E-state index contributed by atoms with van der Waals surface area (Å²) >= 11 is 0.